The maximum Gasteiger partial charge on any atom is 0.325 e. The molecule has 1 heterocycles. The SMILES string of the molecule is CCOC(=O)C(C)(N)CCCCN1CC2CCCC2C1. The summed E-state index contributed by atoms with van der Waals surface area (Å²) in [4.78, 5) is 14.3. The zero-order valence-electron chi connectivity index (χ0n) is 13.1. The highest BCUT2D eigenvalue weighted by molar-refractivity contribution is 5.79. The zero-order valence-corrected chi connectivity index (χ0v) is 13.1. The van der Waals surface area contributed by atoms with Crippen molar-refractivity contribution in [2.24, 2.45) is 17.6 Å². The van der Waals surface area contributed by atoms with Crippen molar-refractivity contribution < 1.29 is 9.53 Å². The number of esters is 1. The molecule has 0 aromatic rings. The molecule has 2 aliphatic rings. The highest BCUT2D eigenvalue weighted by atomic mass is 16.5. The number of unbranched alkanes of at least 4 members (excludes halogenated alkanes) is 1. The van der Waals surface area contributed by atoms with E-state index in [9.17, 15) is 4.79 Å². The van der Waals surface area contributed by atoms with E-state index < -0.39 is 5.54 Å². The van der Waals surface area contributed by atoms with Crippen LogP contribution >= 0.6 is 0 Å². The number of fused-ring (bicyclic) bond motifs is 1. The van der Waals surface area contributed by atoms with Gasteiger partial charge in [0.15, 0.2) is 0 Å². The molecule has 2 N–H and O–H groups in total. The Labute approximate surface area is 123 Å². The molecule has 3 unspecified atom stereocenters. The van der Waals surface area contributed by atoms with Crippen LogP contribution < -0.4 is 5.73 Å². The van der Waals surface area contributed by atoms with Gasteiger partial charge in [0.25, 0.3) is 0 Å². The van der Waals surface area contributed by atoms with E-state index in [0.717, 1.165) is 31.2 Å². The van der Waals surface area contributed by atoms with Gasteiger partial charge >= 0.3 is 5.97 Å². The number of carbonyl (C=O) groups is 1. The standard InChI is InChI=1S/C16H30N2O2/c1-3-20-15(19)16(2,17)9-4-5-10-18-11-13-7-6-8-14(13)12-18/h13-14H,3-12,17H2,1-2H3. The summed E-state index contributed by atoms with van der Waals surface area (Å²) in [5.74, 6) is 1.67. The van der Waals surface area contributed by atoms with E-state index in [1.165, 1.54) is 32.4 Å². The smallest absolute Gasteiger partial charge is 0.325 e. The summed E-state index contributed by atoms with van der Waals surface area (Å²) in [6.45, 7) is 7.75. The van der Waals surface area contributed by atoms with E-state index in [-0.39, 0.29) is 5.97 Å². The normalized spacial score (nSPS) is 29.1. The number of hydrogen-bond donors (Lipinski definition) is 1. The van der Waals surface area contributed by atoms with Crippen LogP contribution in [0.25, 0.3) is 0 Å². The number of likely N-dealkylation sites (tertiary alicyclic amines) is 1. The van der Waals surface area contributed by atoms with Gasteiger partial charge in [0.2, 0.25) is 0 Å². The van der Waals surface area contributed by atoms with Crippen molar-refractivity contribution in [1.29, 1.82) is 0 Å². The summed E-state index contributed by atoms with van der Waals surface area (Å²) >= 11 is 0. The minimum atomic E-state index is -0.822. The van der Waals surface area contributed by atoms with Crippen LogP contribution in [-0.4, -0.2) is 42.6 Å². The van der Waals surface area contributed by atoms with Crippen LogP contribution in [0.3, 0.4) is 0 Å². The molecule has 1 saturated carbocycles. The molecular formula is C16H30N2O2. The molecule has 2 fully saturated rings. The van der Waals surface area contributed by atoms with Crippen LogP contribution in [0.1, 0.15) is 52.4 Å². The molecule has 2 rings (SSSR count). The Hall–Kier alpha value is -0.610. The summed E-state index contributed by atoms with van der Waals surface area (Å²) < 4.78 is 5.01. The fourth-order valence-electron chi connectivity index (χ4n) is 3.74. The number of rotatable bonds is 7. The van der Waals surface area contributed by atoms with Crippen molar-refractivity contribution in [3.05, 3.63) is 0 Å². The Kier molecular flexibility index (Phi) is 5.44. The Morgan fingerprint density at radius 3 is 2.55 bits per heavy atom. The van der Waals surface area contributed by atoms with Crippen LogP contribution in [0.4, 0.5) is 0 Å². The Morgan fingerprint density at radius 1 is 1.30 bits per heavy atom. The minimum Gasteiger partial charge on any atom is -0.465 e. The largest absolute Gasteiger partial charge is 0.465 e. The lowest BCUT2D eigenvalue weighted by Crippen LogP contribution is -2.46. The second-order valence-corrected chi connectivity index (χ2v) is 6.81. The predicted octanol–water partition coefficient (Wildman–Crippen LogP) is 2.17. The lowest BCUT2D eigenvalue weighted by molar-refractivity contribution is -0.149. The van der Waals surface area contributed by atoms with E-state index >= 15 is 0 Å². The third kappa shape index (κ3) is 3.95. The van der Waals surface area contributed by atoms with Gasteiger partial charge in [0.1, 0.15) is 5.54 Å². The molecule has 1 saturated heterocycles. The van der Waals surface area contributed by atoms with Crippen molar-refractivity contribution in [1.82, 2.24) is 4.90 Å². The first-order chi connectivity index (χ1) is 9.53. The van der Waals surface area contributed by atoms with E-state index in [0.29, 0.717) is 13.0 Å². The second kappa shape index (κ2) is 6.90. The maximum atomic E-state index is 11.7. The minimum absolute atomic E-state index is 0.268. The summed E-state index contributed by atoms with van der Waals surface area (Å²) in [6, 6.07) is 0. The number of carbonyl (C=O) groups excluding carboxylic acids is 1. The molecule has 0 aromatic carbocycles. The third-order valence-corrected chi connectivity index (χ3v) is 4.96. The lowest BCUT2D eigenvalue weighted by atomic mass is 9.96. The van der Waals surface area contributed by atoms with Crippen molar-refractivity contribution in [3.8, 4) is 0 Å². The molecule has 20 heavy (non-hydrogen) atoms. The topological polar surface area (TPSA) is 55.6 Å². The molecule has 1 aliphatic carbocycles. The van der Waals surface area contributed by atoms with Crippen LogP contribution in [0.15, 0.2) is 0 Å². The van der Waals surface area contributed by atoms with Gasteiger partial charge < -0.3 is 15.4 Å². The molecule has 116 valence electrons. The molecule has 4 heteroatoms. The lowest BCUT2D eigenvalue weighted by Gasteiger charge is -2.23. The third-order valence-electron chi connectivity index (χ3n) is 4.96. The van der Waals surface area contributed by atoms with Gasteiger partial charge in [-0.1, -0.05) is 6.42 Å². The van der Waals surface area contributed by atoms with Crippen molar-refractivity contribution in [3.63, 3.8) is 0 Å². The Balaban J connectivity index is 1.61. The molecule has 0 aromatic heterocycles. The second-order valence-electron chi connectivity index (χ2n) is 6.81. The maximum absolute atomic E-state index is 11.7. The highest BCUT2D eigenvalue weighted by Gasteiger charge is 2.35. The van der Waals surface area contributed by atoms with Crippen LogP contribution in [-0.2, 0) is 9.53 Å². The van der Waals surface area contributed by atoms with E-state index in [1.807, 2.05) is 6.92 Å². The van der Waals surface area contributed by atoms with Gasteiger partial charge in [-0.15, -0.1) is 0 Å². The first-order valence-electron chi connectivity index (χ1n) is 8.21. The zero-order chi connectivity index (χ0) is 14.6. The fraction of sp³-hybridized carbons (Fsp3) is 0.938. The first-order valence-corrected chi connectivity index (χ1v) is 8.21. The molecule has 3 atom stereocenters. The molecule has 0 bridgehead atoms. The van der Waals surface area contributed by atoms with E-state index in [1.54, 1.807) is 6.92 Å². The van der Waals surface area contributed by atoms with Gasteiger partial charge in [-0.05, 0) is 64.3 Å². The molecule has 1 aliphatic heterocycles. The molecule has 0 amide bonds. The molecule has 4 nitrogen and oxygen atoms in total. The summed E-state index contributed by atoms with van der Waals surface area (Å²) in [7, 11) is 0. The van der Waals surface area contributed by atoms with Crippen LogP contribution in [0.2, 0.25) is 0 Å². The molecule has 0 radical (unpaired) electrons. The van der Waals surface area contributed by atoms with Crippen molar-refractivity contribution in [2.45, 2.75) is 57.9 Å². The Bertz CT molecular complexity index is 318. The van der Waals surface area contributed by atoms with Crippen LogP contribution in [0.5, 0.6) is 0 Å². The summed E-state index contributed by atoms with van der Waals surface area (Å²) in [6.07, 6.45) is 7.15. The van der Waals surface area contributed by atoms with Gasteiger partial charge in [-0.25, -0.2) is 0 Å². The Morgan fingerprint density at radius 2 is 1.95 bits per heavy atom. The van der Waals surface area contributed by atoms with E-state index in [2.05, 4.69) is 4.90 Å². The highest BCUT2D eigenvalue weighted by Crippen LogP contribution is 2.37. The van der Waals surface area contributed by atoms with Gasteiger partial charge in [0, 0.05) is 13.1 Å². The number of ether oxygens (including phenoxy) is 1. The quantitative estimate of drug-likeness (QED) is 0.574. The average Bonchev–Trinajstić information content (AvgIpc) is 2.95. The predicted molar refractivity (Wildman–Crippen MR) is 80.3 cm³/mol. The number of hydrogen-bond acceptors (Lipinski definition) is 4. The van der Waals surface area contributed by atoms with Gasteiger partial charge in [0.05, 0.1) is 6.61 Å². The summed E-state index contributed by atoms with van der Waals surface area (Å²) in [5, 5.41) is 0. The molecule has 0 spiro atoms. The molecular weight excluding hydrogens is 252 g/mol. The van der Waals surface area contributed by atoms with Crippen LogP contribution in [0, 0.1) is 11.8 Å². The van der Waals surface area contributed by atoms with E-state index in [4.69, 9.17) is 10.5 Å². The van der Waals surface area contributed by atoms with Gasteiger partial charge in [-0.2, -0.15) is 0 Å². The van der Waals surface area contributed by atoms with Gasteiger partial charge in [-0.3, -0.25) is 4.79 Å². The van der Waals surface area contributed by atoms with Crippen molar-refractivity contribution >= 4 is 5.97 Å². The first kappa shape index (κ1) is 15.8. The number of nitrogens with two attached hydrogens (primary N) is 1. The fourth-order valence-corrected chi connectivity index (χ4v) is 3.74. The summed E-state index contributed by atoms with van der Waals surface area (Å²) in [5.41, 5.74) is 5.21. The monoisotopic (exact) mass is 282 g/mol. The van der Waals surface area contributed by atoms with Crippen molar-refractivity contribution in [2.75, 3.05) is 26.2 Å². The number of nitrogens with zero attached hydrogens (tertiary/aromatic N) is 1. The average molecular weight is 282 g/mol.